The van der Waals surface area contributed by atoms with Gasteiger partial charge in [0.2, 0.25) is 0 Å². The summed E-state index contributed by atoms with van der Waals surface area (Å²) >= 11 is 3.36. The van der Waals surface area contributed by atoms with Crippen LogP contribution >= 0.6 is 15.9 Å². The lowest BCUT2D eigenvalue weighted by Crippen LogP contribution is -2.01. The number of rotatable bonds is 3. The highest BCUT2D eigenvalue weighted by molar-refractivity contribution is 9.10. The van der Waals surface area contributed by atoms with Crippen molar-refractivity contribution in [2.24, 2.45) is 0 Å². The van der Waals surface area contributed by atoms with Gasteiger partial charge in [-0.05, 0) is 22.0 Å². The molecule has 0 amide bonds. The van der Waals surface area contributed by atoms with Crippen molar-refractivity contribution >= 4 is 15.9 Å². The molecule has 0 radical (unpaired) electrons. The normalized spacial score (nSPS) is 10.7. The minimum atomic E-state index is 0.508. The molecule has 0 aliphatic heterocycles. The second-order valence-corrected chi connectivity index (χ2v) is 4.51. The summed E-state index contributed by atoms with van der Waals surface area (Å²) in [4.78, 5) is 12.3. The van der Waals surface area contributed by atoms with Gasteiger partial charge in [0.05, 0.1) is 0 Å². The molecule has 0 spiro atoms. The molecule has 0 unspecified atom stereocenters. The Bertz CT molecular complexity index is 646. The van der Waals surface area contributed by atoms with Crippen molar-refractivity contribution in [2.75, 3.05) is 0 Å². The van der Waals surface area contributed by atoms with Gasteiger partial charge in [0.1, 0.15) is 25.0 Å². The summed E-state index contributed by atoms with van der Waals surface area (Å²) in [6.45, 7) is 0.508. The number of hydrogen-bond acceptors (Lipinski definition) is 5. The molecule has 0 saturated heterocycles. The summed E-state index contributed by atoms with van der Waals surface area (Å²) in [5.74, 6) is 1.33. The van der Waals surface area contributed by atoms with E-state index in [1.165, 1.54) is 6.33 Å². The van der Waals surface area contributed by atoms with Crippen LogP contribution in [-0.4, -0.2) is 34.9 Å². The summed E-state index contributed by atoms with van der Waals surface area (Å²) in [6, 6.07) is 1.91. The number of hydrogen-bond donors (Lipinski definition) is 1. The first-order valence-electron chi connectivity index (χ1n) is 5.16. The molecule has 90 valence electrons. The van der Waals surface area contributed by atoms with E-state index in [2.05, 4.69) is 46.2 Å². The molecule has 7 nitrogen and oxygen atoms in total. The van der Waals surface area contributed by atoms with E-state index < -0.39 is 0 Å². The van der Waals surface area contributed by atoms with Gasteiger partial charge in [-0.25, -0.2) is 14.6 Å². The summed E-state index contributed by atoms with van der Waals surface area (Å²) in [6.07, 6.45) is 6.54. The lowest BCUT2D eigenvalue weighted by molar-refractivity contribution is 0.656. The molecule has 0 atom stereocenters. The van der Waals surface area contributed by atoms with Crippen molar-refractivity contribution in [2.45, 2.75) is 6.54 Å². The third-order valence-corrected chi connectivity index (χ3v) is 2.71. The van der Waals surface area contributed by atoms with Crippen LogP contribution in [0.15, 0.2) is 35.6 Å². The van der Waals surface area contributed by atoms with Crippen LogP contribution in [0, 0.1) is 0 Å². The van der Waals surface area contributed by atoms with Crippen molar-refractivity contribution in [1.29, 1.82) is 0 Å². The van der Waals surface area contributed by atoms with Crippen LogP contribution in [0.25, 0.3) is 11.4 Å². The molecule has 0 bridgehead atoms. The summed E-state index contributed by atoms with van der Waals surface area (Å²) in [5, 5.41) is 11.0. The Labute approximate surface area is 110 Å². The molecule has 0 saturated carbocycles. The van der Waals surface area contributed by atoms with Gasteiger partial charge in [0.25, 0.3) is 0 Å². The van der Waals surface area contributed by atoms with Crippen molar-refractivity contribution in [3.63, 3.8) is 0 Å². The van der Waals surface area contributed by atoms with Crippen molar-refractivity contribution in [3.05, 3.63) is 41.4 Å². The van der Waals surface area contributed by atoms with Gasteiger partial charge in [0, 0.05) is 22.4 Å². The van der Waals surface area contributed by atoms with Crippen molar-refractivity contribution < 1.29 is 0 Å². The zero-order valence-corrected chi connectivity index (χ0v) is 10.7. The van der Waals surface area contributed by atoms with Crippen LogP contribution in [0.3, 0.4) is 0 Å². The SMILES string of the molecule is Brc1cncc(-c2n[nH]c(Cn3cncn3)n2)c1. The van der Waals surface area contributed by atoms with Gasteiger partial charge in [-0.1, -0.05) is 0 Å². The maximum atomic E-state index is 4.38. The molecule has 3 aromatic rings. The van der Waals surface area contributed by atoms with Crippen LogP contribution in [0.4, 0.5) is 0 Å². The van der Waals surface area contributed by atoms with Crippen molar-refractivity contribution in [3.8, 4) is 11.4 Å². The number of H-pyrrole nitrogens is 1. The van der Waals surface area contributed by atoms with Gasteiger partial charge in [-0.2, -0.15) is 10.2 Å². The smallest absolute Gasteiger partial charge is 0.182 e. The Balaban J connectivity index is 1.85. The standard InChI is InChI=1S/C10H8BrN7/c11-8-1-7(2-12-3-8)10-15-9(16-17-10)4-18-6-13-5-14-18/h1-3,5-6H,4H2,(H,15,16,17). The van der Waals surface area contributed by atoms with E-state index in [4.69, 9.17) is 0 Å². The van der Waals surface area contributed by atoms with Crippen LogP contribution in [-0.2, 0) is 6.54 Å². The predicted octanol–water partition coefficient (Wildman–Crippen LogP) is 1.27. The molecule has 3 heterocycles. The molecule has 18 heavy (non-hydrogen) atoms. The highest BCUT2D eigenvalue weighted by Gasteiger charge is 2.07. The summed E-state index contributed by atoms with van der Waals surface area (Å²) < 4.78 is 2.56. The van der Waals surface area contributed by atoms with Crippen molar-refractivity contribution in [1.82, 2.24) is 34.9 Å². The molecular formula is C10H8BrN7. The molecule has 0 aliphatic carbocycles. The predicted molar refractivity (Wildman–Crippen MR) is 66.4 cm³/mol. The minimum Gasteiger partial charge on any atom is -0.263 e. The zero-order valence-electron chi connectivity index (χ0n) is 9.16. The van der Waals surface area contributed by atoms with E-state index in [1.807, 2.05) is 6.07 Å². The fraction of sp³-hybridized carbons (Fsp3) is 0.100. The zero-order chi connectivity index (χ0) is 12.4. The number of aromatic amines is 1. The van der Waals surface area contributed by atoms with Crippen LogP contribution < -0.4 is 0 Å². The Kier molecular flexibility index (Phi) is 2.85. The first kappa shape index (κ1) is 11.0. The minimum absolute atomic E-state index is 0.508. The quantitative estimate of drug-likeness (QED) is 0.787. The second kappa shape index (κ2) is 4.65. The van der Waals surface area contributed by atoms with E-state index in [0.717, 1.165) is 15.9 Å². The van der Waals surface area contributed by atoms with Gasteiger partial charge >= 0.3 is 0 Å². The first-order valence-corrected chi connectivity index (χ1v) is 5.95. The van der Waals surface area contributed by atoms with Crippen LogP contribution in [0.5, 0.6) is 0 Å². The van der Waals surface area contributed by atoms with E-state index in [9.17, 15) is 0 Å². The monoisotopic (exact) mass is 305 g/mol. The topological polar surface area (TPSA) is 85.2 Å². The third-order valence-electron chi connectivity index (χ3n) is 2.27. The van der Waals surface area contributed by atoms with E-state index in [0.29, 0.717) is 12.4 Å². The maximum Gasteiger partial charge on any atom is 0.182 e. The molecular weight excluding hydrogens is 298 g/mol. The fourth-order valence-electron chi connectivity index (χ4n) is 1.50. The van der Waals surface area contributed by atoms with Gasteiger partial charge < -0.3 is 0 Å². The first-order chi connectivity index (χ1) is 8.81. The lowest BCUT2D eigenvalue weighted by Gasteiger charge is -1.95. The fourth-order valence-corrected chi connectivity index (χ4v) is 1.86. The van der Waals surface area contributed by atoms with Gasteiger partial charge in [-0.15, -0.1) is 0 Å². The van der Waals surface area contributed by atoms with E-state index in [-0.39, 0.29) is 0 Å². The second-order valence-electron chi connectivity index (χ2n) is 3.59. The number of pyridine rings is 1. The number of nitrogens with one attached hydrogen (secondary N) is 1. The highest BCUT2D eigenvalue weighted by Crippen LogP contribution is 2.17. The average Bonchev–Trinajstić information content (AvgIpc) is 3.01. The van der Waals surface area contributed by atoms with E-state index >= 15 is 0 Å². The van der Waals surface area contributed by atoms with Gasteiger partial charge in [-0.3, -0.25) is 10.1 Å². The number of aromatic nitrogens is 7. The molecule has 0 fully saturated rings. The molecule has 0 aromatic carbocycles. The molecule has 0 aliphatic rings. The summed E-state index contributed by atoms with van der Waals surface area (Å²) in [7, 11) is 0. The number of halogens is 1. The Morgan fingerprint density at radius 2 is 2.22 bits per heavy atom. The number of nitrogens with zero attached hydrogens (tertiary/aromatic N) is 6. The molecule has 1 N–H and O–H groups in total. The molecule has 8 heteroatoms. The van der Waals surface area contributed by atoms with Crippen LogP contribution in [0.1, 0.15) is 5.82 Å². The maximum absolute atomic E-state index is 4.38. The Hall–Kier alpha value is -2.09. The third kappa shape index (κ3) is 2.28. The largest absolute Gasteiger partial charge is 0.263 e. The average molecular weight is 306 g/mol. The van der Waals surface area contributed by atoms with E-state index in [1.54, 1.807) is 23.4 Å². The lowest BCUT2D eigenvalue weighted by atomic mass is 10.3. The highest BCUT2D eigenvalue weighted by atomic mass is 79.9. The Morgan fingerprint density at radius 1 is 1.28 bits per heavy atom. The molecule has 3 aromatic heterocycles. The van der Waals surface area contributed by atoms with Gasteiger partial charge in [0.15, 0.2) is 5.82 Å². The molecule has 3 rings (SSSR count). The van der Waals surface area contributed by atoms with Crippen LogP contribution in [0.2, 0.25) is 0 Å². The summed E-state index contributed by atoms with van der Waals surface area (Å²) in [5.41, 5.74) is 0.852. The Morgan fingerprint density at radius 3 is 3.00 bits per heavy atom.